The minimum Gasteiger partial charge on any atom is -0.772 e. The van der Waals surface area contributed by atoms with Crippen LogP contribution in [0.5, 0.6) is 0 Å². The first-order valence-corrected chi connectivity index (χ1v) is 5.77. The van der Waals surface area contributed by atoms with Gasteiger partial charge < -0.3 is 9.66 Å². The largest absolute Gasteiger partial charge is 0.772 e. The lowest BCUT2D eigenvalue weighted by atomic mass is 10.0. The molecule has 0 bridgehead atoms. The maximum Gasteiger partial charge on any atom is 0.0796 e. The van der Waals surface area contributed by atoms with Gasteiger partial charge in [-0.2, -0.15) is 0 Å². The van der Waals surface area contributed by atoms with Gasteiger partial charge in [-0.05, 0) is 29.5 Å². The fraction of sp³-hybridized carbons (Fsp3) is 0.400. The monoisotopic (exact) mass is 211 g/mol. The average molecular weight is 211 g/mol. The van der Waals surface area contributed by atoms with Crippen LogP contribution in [-0.2, 0) is 23.3 Å². The second kappa shape index (κ2) is 3.81. The van der Waals surface area contributed by atoms with E-state index in [1.54, 1.807) is 6.07 Å². The Morgan fingerprint density at radius 1 is 1.57 bits per heavy atom. The Labute approximate surface area is 85.1 Å². The van der Waals surface area contributed by atoms with Gasteiger partial charge in [-0.1, -0.05) is 29.3 Å². The van der Waals surface area contributed by atoms with Gasteiger partial charge in [0.15, 0.2) is 0 Å². The Morgan fingerprint density at radius 3 is 3.07 bits per heavy atom. The van der Waals surface area contributed by atoms with Crippen molar-refractivity contribution >= 4 is 11.1 Å². The van der Waals surface area contributed by atoms with Crippen LogP contribution in [0.3, 0.4) is 0 Å². The molecule has 1 aliphatic carbocycles. The fourth-order valence-electron chi connectivity index (χ4n) is 1.97. The molecule has 0 amide bonds. The van der Waals surface area contributed by atoms with Gasteiger partial charge in [-0.15, -0.1) is 0 Å². The van der Waals surface area contributed by atoms with Crippen molar-refractivity contribution in [1.29, 1.82) is 0 Å². The molecule has 14 heavy (non-hydrogen) atoms. The molecule has 0 spiro atoms. The second-order valence-electron chi connectivity index (χ2n) is 3.49. The molecule has 76 valence electrons. The highest BCUT2D eigenvalue weighted by atomic mass is 32.2. The van der Waals surface area contributed by atoms with Crippen molar-refractivity contribution in [3.63, 3.8) is 0 Å². The third-order valence-corrected chi connectivity index (χ3v) is 3.16. The van der Waals surface area contributed by atoms with E-state index >= 15 is 0 Å². The second-order valence-corrected chi connectivity index (χ2v) is 4.38. The summed E-state index contributed by atoms with van der Waals surface area (Å²) in [5.74, 6) is 0.0515. The lowest BCUT2D eigenvalue weighted by Crippen LogP contribution is -1.99. The molecule has 1 aromatic rings. The van der Waals surface area contributed by atoms with Gasteiger partial charge in [0, 0.05) is 5.75 Å². The number of hydrogen-bond acceptors (Lipinski definition) is 3. The quantitative estimate of drug-likeness (QED) is 0.744. The summed E-state index contributed by atoms with van der Waals surface area (Å²) in [6, 6.07) is 5.48. The van der Waals surface area contributed by atoms with Crippen LogP contribution in [0.4, 0.5) is 0 Å². The zero-order valence-corrected chi connectivity index (χ0v) is 8.42. The Morgan fingerprint density at radius 2 is 2.36 bits per heavy atom. The van der Waals surface area contributed by atoms with E-state index in [1.165, 1.54) is 0 Å². The van der Waals surface area contributed by atoms with Gasteiger partial charge in [0.05, 0.1) is 6.10 Å². The van der Waals surface area contributed by atoms with Crippen molar-refractivity contribution in [3.8, 4) is 0 Å². The molecule has 1 aromatic carbocycles. The summed E-state index contributed by atoms with van der Waals surface area (Å²) in [7, 11) is 0. The Hall–Kier alpha value is -0.710. The van der Waals surface area contributed by atoms with Crippen LogP contribution < -0.4 is 0 Å². The topological polar surface area (TPSA) is 60.4 Å². The molecule has 2 atom stereocenters. The zero-order valence-electron chi connectivity index (χ0n) is 7.60. The van der Waals surface area contributed by atoms with E-state index in [2.05, 4.69) is 0 Å². The van der Waals surface area contributed by atoms with E-state index in [-0.39, 0.29) is 5.75 Å². The summed E-state index contributed by atoms with van der Waals surface area (Å²) in [4.78, 5) is 0. The standard InChI is InChI=1S/C10H12O3S/c11-10-5-4-8-7(6-14(12)13)2-1-3-9(8)10/h1-3,10-11H,4-6H2,(H,12,13)/p-1. The average Bonchev–Trinajstić information content (AvgIpc) is 2.49. The van der Waals surface area contributed by atoms with Gasteiger partial charge in [-0.25, -0.2) is 0 Å². The molecule has 0 aliphatic heterocycles. The zero-order chi connectivity index (χ0) is 10.1. The molecule has 2 unspecified atom stereocenters. The first kappa shape index (κ1) is 9.83. The molecule has 0 heterocycles. The molecule has 3 nitrogen and oxygen atoms in total. The highest BCUT2D eigenvalue weighted by Gasteiger charge is 2.21. The number of aliphatic hydroxyl groups excluding tert-OH is 1. The van der Waals surface area contributed by atoms with Crippen molar-refractivity contribution in [2.45, 2.75) is 24.7 Å². The van der Waals surface area contributed by atoms with Gasteiger partial charge in [0.25, 0.3) is 0 Å². The van der Waals surface area contributed by atoms with E-state index in [9.17, 15) is 13.9 Å². The van der Waals surface area contributed by atoms with Crippen molar-refractivity contribution in [2.24, 2.45) is 0 Å². The highest BCUT2D eigenvalue weighted by molar-refractivity contribution is 7.78. The molecule has 0 fully saturated rings. The highest BCUT2D eigenvalue weighted by Crippen LogP contribution is 2.33. The Kier molecular flexibility index (Phi) is 2.67. The third kappa shape index (κ3) is 1.73. The summed E-state index contributed by atoms with van der Waals surface area (Å²) in [5, 5.41) is 9.59. The predicted molar refractivity (Wildman–Crippen MR) is 52.3 cm³/mol. The third-order valence-electron chi connectivity index (χ3n) is 2.61. The normalized spacial score (nSPS) is 22.0. The maximum atomic E-state index is 10.6. The molecule has 1 aliphatic rings. The number of fused-ring (bicyclic) bond motifs is 1. The van der Waals surface area contributed by atoms with E-state index in [0.29, 0.717) is 6.42 Å². The SMILES string of the molecule is O=S([O-])Cc1cccc2c1CCC2O. The van der Waals surface area contributed by atoms with Crippen LogP contribution in [0, 0.1) is 0 Å². The van der Waals surface area contributed by atoms with E-state index < -0.39 is 17.2 Å². The summed E-state index contributed by atoms with van der Waals surface area (Å²) in [5.41, 5.74) is 2.74. The van der Waals surface area contributed by atoms with Gasteiger partial charge in [0.2, 0.25) is 0 Å². The first-order chi connectivity index (χ1) is 6.68. The number of benzene rings is 1. The Bertz CT molecular complexity index is 376. The molecule has 0 radical (unpaired) electrons. The molecule has 1 N–H and O–H groups in total. The van der Waals surface area contributed by atoms with Crippen LogP contribution >= 0.6 is 0 Å². The lowest BCUT2D eigenvalue weighted by molar-refractivity contribution is 0.180. The van der Waals surface area contributed by atoms with Crippen molar-refractivity contribution < 1.29 is 13.9 Å². The number of aliphatic hydroxyl groups is 1. The number of rotatable bonds is 2. The van der Waals surface area contributed by atoms with Crippen LogP contribution in [0.25, 0.3) is 0 Å². The summed E-state index contributed by atoms with van der Waals surface area (Å²) >= 11 is -2.05. The molecular formula is C10H11O3S-. The minimum atomic E-state index is -2.05. The smallest absolute Gasteiger partial charge is 0.0796 e. The van der Waals surface area contributed by atoms with Crippen molar-refractivity contribution in [1.82, 2.24) is 0 Å². The van der Waals surface area contributed by atoms with Crippen LogP contribution in [-0.4, -0.2) is 13.9 Å². The number of hydrogen-bond donors (Lipinski definition) is 1. The molecular weight excluding hydrogens is 200 g/mol. The van der Waals surface area contributed by atoms with E-state index in [4.69, 9.17) is 0 Å². The van der Waals surface area contributed by atoms with Crippen LogP contribution in [0.15, 0.2) is 18.2 Å². The van der Waals surface area contributed by atoms with Crippen LogP contribution in [0.2, 0.25) is 0 Å². The minimum absolute atomic E-state index is 0.0515. The maximum absolute atomic E-state index is 10.6. The Balaban J connectivity index is 2.39. The fourth-order valence-corrected chi connectivity index (χ4v) is 2.49. The summed E-state index contributed by atoms with van der Waals surface area (Å²) in [6.45, 7) is 0. The predicted octanol–water partition coefficient (Wildman–Crippen LogP) is 1.05. The molecule has 0 saturated carbocycles. The van der Waals surface area contributed by atoms with Gasteiger partial charge in [-0.3, -0.25) is 4.21 Å². The van der Waals surface area contributed by atoms with E-state index in [0.717, 1.165) is 23.1 Å². The molecule has 2 rings (SSSR count). The summed E-state index contributed by atoms with van der Waals surface area (Å²) < 4.78 is 21.2. The summed E-state index contributed by atoms with van der Waals surface area (Å²) in [6.07, 6.45) is 1.08. The molecule has 0 aromatic heterocycles. The molecule has 4 heteroatoms. The van der Waals surface area contributed by atoms with Crippen LogP contribution in [0.1, 0.15) is 29.2 Å². The van der Waals surface area contributed by atoms with Gasteiger partial charge >= 0.3 is 0 Å². The molecule has 0 saturated heterocycles. The first-order valence-electron chi connectivity index (χ1n) is 4.53. The van der Waals surface area contributed by atoms with E-state index in [1.807, 2.05) is 12.1 Å². The van der Waals surface area contributed by atoms with Crippen molar-refractivity contribution in [3.05, 3.63) is 34.9 Å². The lowest BCUT2D eigenvalue weighted by Gasteiger charge is -2.10. The van der Waals surface area contributed by atoms with Crippen molar-refractivity contribution in [2.75, 3.05) is 0 Å². The van der Waals surface area contributed by atoms with Gasteiger partial charge in [0.1, 0.15) is 0 Å².